The van der Waals surface area contributed by atoms with Gasteiger partial charge in [0.2, 0.25) is 11.8 Å². The van der Waals surface area contributed by atoms with Gasteiger partial charge < -0.3 is 4.42 Å². The van der Waals surface area contributed by atoms with Gasteiger partial charge in [-0.3, -0.25) is 4.79 Å². The first-order valence-corrected chi connectivity index (χ1v) is 9.11. The minimum absolute atomic E-state index is 0.102. The highest BCUT2D eigenvalue weighted by Gasteiger charge is 2.20. The van der Waals surface area contributed by atoms with Gasteiger partial charge in [0.05, 0.1) is 22.4 Å². The lowest BCUT2D eigenvalue weighted by atomic mass is 10.1. The molecule has 1 aromatic carbocycles. The molecule has 0 unspecified atom stereocenters. The van der Waals surface area contributed by atoms with Crippen LogP contribution in [0.2, 0.25) is 5.02 Å². The SMILES string of the molecule is CC(C)(C)n1ncc(SCc2nnc(-c3cccc(F)c3)o2)c(Cl)c1=O. The Bertz CT molecular complexity index is 997. The maximum atomic E-state index is 13.3. The van der Waals surface area contributed by atoms with Gasteiger partial charge in [-0.25, -0.2) is 9.07 Å². The number of aromatic nitrogens is 4. The first-order valence-electron chi connectivity index (χ1n) is 7.75. The normalized spacial score (nSPS) is 11.7. The molecule has 2 heterocycles. The van der Waals surface area contributed by atoms with Crippen molar-refractivity contribution in [2.75, 3.05) is 0 Å². The van der Waals surface area contributed by atoms with Gasteiger partial charge in [0, 0.05) is 5.56 Å². The summed E-state index contributed by atoms with van der Waals surface area (Å²) in [5, 5.41) is 12.1. The van der Waals surface area contributed by atoms with E-state index in [4.69, 9.17) is 16.0 Å². The van der Waals surface area contributed by atoms with Crippen molar-refractivity contribution in [3.63, 3.8) is 0 Å². The molecule has 3 rings (SSSR count). The van der Waals surface area contributed by atoms with E-state index in [1.807, 2.05) is 20.8 Å². The Hall–Kier alpha value is -2.19. The van der Waals surface area contributed by atoms with Crippen LogP contribution in [0.5, 0.6) is 0 Å². The summed E-state index contributed by atoms with van der Waals surface area (Å²) in [4.78, 5) is 12.9. The summed E-state index contributed by atoms with van der Waals surface area (Å²) < 4.78 is 20.2. The summed E-state index contributed by atoms with van der Waals surface area (Å²) >= 11 is 7.45. The first-order chi connectivity index (χ1) is 12.3. The fraction of sp³-hybridized carbons (Fsp3) is 0.294. The van der Waals surface area contributed by atoms with Gasteiger partial charge in [0.25, 0.3) is 5.56 Å². The molecule has 9 heteroatoms. The Balaban J connectivity index is 1.76. The molecule has 0 N–H and O–H groups in total. The minimum Gasteiger partial charge on any atom is -0.420 e. The standard InChI is InChI=1S/C17H16ClFN4O2S/c1-17(2,3)23-16(24)14(18)12(8-20-23)26-9-13-21-22-15(25-13)10-5-4-6-11(19)7-10/h4-8H,9H2,1-3H3. The first kappa shape index (κ1) is 18.6. The average Bonchev–Trinajstić information content (AvgIpc) is 3.04. The fourth-order valence-electron chi connectivity index (χ4n) is 2.19. The maximum absolute atomic E-state index is 13.3. The van der Waals surface area contributed by atoms with Crippen molar-refractivity contribution in [1.82, 2.24) is 20.0 Å². The molecule has 2 aromatic heterocycles. The molecule has 3 aromatic rings. The molecule has 6 nitrogen and oxygen atoms in total. The van der Waals surface area contributed by atoms with Gasteiger partial charge in [-0.05, 0) is 39.0 Å². The third-order valence-electron chi connectivity index (χ3n) is 3.41. The molecule has 0 bridgehead atoms. The average molecular weight is 395 g/mol. The summed E-state index contributed by atoms with van der Waals surface area (Å²) in [6.07, 6.45) is 1.55. The lowest BCUT2D eigenvalue weighted by Gasteiger charge is -2.20. The quantitative estimate of drug-likeness (QED) is 0.619. The monoisotopic (exact) mass is 394 g/mol. The molecule has 136 valence electrons. The van der Waals surface area contributed by atoms with Crippen LogP contribution >= 0.6 is 23.4 Å². The van der Waals surface area contributed by atoms with Crippen LogP contribution in [0, 0.1) is 5.82 Å². The van der Waals surface area contributed by atoms with Crippen LogP contribution in [0.4, 0.5) is 4.39 Å². The Morgan fingerprint density at radius 1 is 1.31 bits per heavy atom. The molecule has 0 amide bonds. The van der Waals surface area contributed by atoms with Crippen molar-refractivity contribution in [1.29, 1.82) is 0 Å². The number of thioether (sulfide) groups is 1. The highest BCUT2D eigenvalue weighted by Crippen LogP contribution is 2.28. The Kier molecular flexibility index (Phi) is 5.15. The molecule has 0 radical (unpaired) electrons. The molecule has 0 spiro atoms. The third-order valence-corrected chi connectivity index (χ3v) is 4.90. The molecule has 0 aliphatic heterocycles. The Morgan fingerprint density at radius 3 is 2.77 bits per heavy atom. The van der Waals surface area contributed by atoms with Crippen molar-refractivity contribution >= 4 is 23.4 Å². The van der Waals surface area contributed by atoms with E-state index < -0.39 is 5.54 Å². The zero-order valence-corrected chi connectivity index (χ0v) is 15.9. The van der Waals surface area contributed by atoms with Gasteiger partial charge in [-0.15, -0.1) is 22.0 Å². The van der Waals surface area contributed by atoms with E-state index in [1.165, 1.54) is 28.6 Å². The number of rotatable bonds is 4. The van der Waals surface area contributed by atoms with Gasteiger partial charge in [-0.2, -0.15) is 5.10 Å². The molecule has 0 aliphatic rings. The third kappa shape index (κ3) is 3.96. The highest BCUT2D eigenvalue weighted by atomic mass is 35.5. The van der Waals surface area contributed by atoms with E-state index in [0.29, 0.717) is 22.1 Å². The highest BCUT2D eigenvalue weighted by molar-refractivity contribution is 7.98. The van der Waals surface area contributed by atoms with Crippen LogP contribution in [0.3, 0.4) is 0 Å². The van der Waals surface area contributed by atoms with E-state index in [0.717, 1.165) is 0 Å². The largest absolute Gasteiger partial charge is 0.420 e. The molecule has 0 fully saturated rings. The predicted molar refractivity (Wildman–Crippen MR) is 97.8 cm³/mol. The number of nitrogens with zero attached hydrogens (tertiary/aromatic N) is 4. The van der Waals surface area contributed by atoms with E-state index in [2.05, 4.69) is 15.3 Å². The molecular formula is C17H16ClFN4O2S. The zero-order valence-electron chi connectivity index (χ0n) is 14.4. The summed E-state index contributed by atoms with van der Waals surface area (Å²) in [6.45, 7) is 5.62. The molecule has 0 saturated carbocycles. The van der Waals surface area contributed by atoms with Crippen molar-refractivity contribution in [3.8, 4) is 11.5 Å². The predicted octanol–water partition coefficient (Wildman–Crippen LogP) is 4.13. The van der Waals surface area contributed by atoms with Crippen molar-refractivity contribution < 1.29 is 8.81 Å². The summed E-state index contributed by atoms with van der Waals surface area (Å²) in [7, 11) is 0. The summed E-state index contributed by atoms with van der Waals surface area (Å²) in [5.74, 6) is 0.495. The molecule has 0 atom stereocenters. The fourth-order valence-corrected chi connectivity index (χ4v) is 3.21. The summed E-state index contributed by atoms with van der Waals surface area (Å²) in [6, 6.07) is 5.90. The number of halogens is 2. The van der Waals surface area contributed by atoms with Gasteiger partial charge in [0.1, 0.15) is 10.8 Å². The van der Waals surface area contributed by atoms with Crippen LogP contribution in [-0.2, 0) is 11.3 Å². The zero-order chi connectivity index (χ0) is 18.9. The number of hydrogen-bond donors (Lipinski definition) is 0. The van der Waals surface area contributed by atoms with Gasteiger partial charge in [0.15, 0.2) is 0 Å². The van der Waals surface area contributed by atoms with Gasteiger partial charge >= 0.3 is 0 Å². The lowest BCUT2D eigenvalue weighted by Crippen LogP contribution is -2.36. The second kappa shape index (κ2) is 7.20. The van der Waals surface area contributed by atoms with Crippen LogP contribution in [0.15, 0.2) is 44.6 Å². The Labute approximate surface area is 158 Å². The van der Waals surface area contributed by atoms with E-state index in [9.17, 15) is 9.18 Å². The van der Waals surface area contributed by atoms with Crippen molar-refractivity contribution in [2.24, 2.45) is 0 Å². The van der Waals surface area contributed by atoms with Crippen LogP contribution in [0.25, 0.3) is 11.5 Å². The maximum Gasteiger partial charge on any atom is 0.287 e. The lowest BCUT2D eigenvalue weighted by molar-refractivity contribution is 0.336. The smallest absolute Gasteiger partial charge is 0.287 e. The van der Waals surface area contributed by atoms with E-state index >= 15 is 0 Å². The Morgan fingerprint density at radius 2 is 2.08 bits per heavy atom. The second-order valence-electron chi connectivity index (χ2n) is 6.51. The molecule has 0 aliphatic carbocycles. The second-order valence-corrected chi connectivity index (χ2v) is 7.91. The molecule has 0 saturated heterocycles. The van der Waals surface area contributed by atoms with Crippen molar-refractivity contribution in [3.05, 3.63) is 57.5 Å². The van der Waals surface area contributed by atoms with E-state index in [1.54, 1.807) is 18.3 Å². The van der Waals surface area contributed by atoms with Crippen LogP contribution < -0.4 is 5.56 Å². The van der Waals surface area contributed by atoms with Gasteiger partial charge in [-0.1, -0.05) is 17.7 Å². The van der Waals surface area contributed by atoms with Crippen LogP contribution in [-0.4, -0.2) is 20.0 Å². The number of hydrogen-bond acceptors (Lipinski definition) is 6. The number of benzene rings is 1. The minimum atomic E-state index is -0.462. The van der Waals surface area contributed by atoms with Crippen molar-refractivity contribution in [2.45, 2.75) is 37.0 Å². The molecule has 26 heavy (non-hydrogen) atoms. The molecular weight excluding hydrogens is 379 g/mol. The summed E-state index contributed by atoms with van der Waals surface area (Å²) in [5.41, 5.74) is -0.313. The topological polar surface area (TPSA) is 73.8 Å². The van der Waals surface area contributed by atoms with E-state index in [-0.39, 0.29) is 22.3 Å². The van der Waals surface area contributed by atoms with Crippen LogP contribution in [0.1, 0.15) is 26.7 Å².